The quantitative estimate of drug-likeness (QED) is 0.226. The predicted molar refractivity (Wildman–Crippen MR) is 151 cm³/mol. The van der Waals surface area contributed by atoms with Crippen LogP contribution < -0.4 is 21.1 Å². The van der Waals surface area contributed by atoms with E-state index in [-0.39, 0.29) is 36.2 Å². The van der Waals surface area contributed by atoms with Crippen LogP contribution in [0, 0.1) is 5.82 Å². The van der Waals surface area contributed by atoms with Gasteiger partial charge in [-0.05, 0) is 62.2 Å². The lowest BCUT2D eigenvalue weighted by Crippen LogP contribution is -2.45. The van der Waals surface area contributed by atoms with Crippen molar-refractivity contribution in [2.45, 2.75) is 43.8 Å². The summed E-state index contributed by atoms with van der Waals surface area (Å²) >= 11 is 0. The van der Waals surface area contributed by atoms with Gasteiger partial charge < -0.3 is 30.6 Å². The monoisotopic (exact) mass is 601 g/mol. The maximum Gasteiger partial charge on any atom is 0.420 e. The zero-order valence-corrected chi connectivity index (χ0v) is 23.0. The number of amides is 2. The van der Waals surface area contributed by atoms with Crippen LogP contribution in [0.25, 0.3) is 22.2 Å². The van der Waals surface area contributed by atoms with Crippen molar-refractivity contribution in [1.82, 2.24) is 19.4 Å². The summed E-state index contributed by atoms with van der Waals surface area (Å²) in [4.78, 5) is 22.8. The molecule has 1 aliphatic carbocycles. The Kier molecular flexibility index (Phi) is 7.32. The van der Waals surface area contributed by atoms with E-state index in [0.717, 1.165) is 18.9 Å². The smallest absolute Gasteiger partial charge is 0.420 e. The minimum atomic E-state index is -4.83. The topological polar surface area (TPSA) is 110 Å². The van der Waals surface area contributed by atoms with Crippen molar-refractivity contribution < 1.29 is 31.5 Å². The zero-order valence-electron chi connectivity index (χ0n) is 23.0. The zero-order chi connectivity index (χ0) is 30.5. The van der Waals surface area contributed by atoms with Gasteiger partial charge in [-0.15, -0.1) is 0 Å². The summed E-state index contributed by atoms with van der Waals surface area (Å²) < 4.78 is 78.5. The van der Waals surface area contributed by atoms with Gasteiger partial charge in [0, 0.05) is 36.6 Å². The summed E-state index contributed by atoms with van der Waals surface area (Å²) in [5, 5.41) is 5.20. The number of nitrogen functional groups attached to an aromatic ring is 1. The molecule has 1 saturated heterocycles. The van der Waals surface area contributed by atoms with E-state index >= 15 is 4.39 Å². The van der Waals surface area contributed by atoms with Crippen molar-refractivity contribution in [3.63, 3.8) is 0 Å². The molecule has 0 radical (unpaired) electrons. The fraction of sp³-hybridized carbons (Fsp3) is 0.345. The summed E-state index contributed by atoms with van der Waals surface area (Å²) in [5.41, 5.74) is 6.32. The molecular weight excluding hydrogens is 573 g/mol. The number of rotatable bonds is 6. The number of fused-ring (bicyclic) bond motifs is 1. The number of aromatic nitrogens is 3. The molecule has 6 rings (SSSR count). The van der Waals surface area contributed by atoms with Gasteiger partial charge in [0.05, 0.1) is 16.6 Å². The van der Waals surface area contributed by atoms with Crippen molar-refractivity contribution in [3.8, 4) is 16.9 Å². The Morgan fingerprint density at radius 2 is 1.88 bits per heavy atom. The van der Waals surface area contributed by atoms with Gasteiger partial charge in [0.1, 0.15) is 41.6 Å². The number of likely N-dealkylation sites (tertiary alicyclic amines) is 1. The van der Waals surface area contributed by atoms with E-state index in [4.69, 9.17) is 10.5 Å². The number of hydrogen-bond acceptors (Lipinski definition) is 6. The number of benzene rings is 2. The van der Waals surface area contributed by atoms with E-state index < -0.39 is 41.6 Å². The number of nitrogens with two attached hydrogens (primary N) is 1. The maximum absolute atomic E-state index is 15.2. The van der Waals surface area contributed by atoms with Crippen molar-refractivity contribution in [2.24, 2.45) is 0 Å². The molecule has 4 aromatic rings. The Labute approximate surface area is 242 Å². The molecule has 2 fully saturated rings. The van der Waals surface area contributed by atoms with Gasteiger partial charge in [-0.25, -0.2) is 23.5 Å². The molecule has 1 saturated carbocycles. The molecule has 2 amide bonds. The van der Waals surface area contributed by atoms with E-state index in [1.54, 1.807) is 18.0 Å². The van der Waals surface area contributed by atoms with Gasteiger partial charge in [0.2, 0.25) is 0 Å². The van der Waals surface area contributed by atoms with Gasteiger partial charge in [0.25, 0.3) is 0 Å². The first-order valence-electron chi connectivity index (χ1n) is 13.7. The van der Waals surface area contributed by atoms with Crippen LogP contribution in [0.5, 0.6) is 5.75 Å². The molecule has 0 spiro atoms. The summed E-state index contributed by atoms with van der Waals surface area (Å²) in [5.74, 6) is -1.05. The highest BCUT2D eigenvalue weighted by atomic mass is 19.4. The highest BCUT2D eigenvalue weighted by Crippen LogP contribution is 2.42. The second kappa shape index (κ2) is 11.0. The third kappa shape index (κ3) is 5.91. The largest absolute Gasteiger partial charge is 0.487 e. The second-order valence-corrected chi connectivity index (χ2v) is 10.8. The van der Waals surface area contributed by atoms with Crippen LogP contribution in [0.4, 0.5) is 43.9 Å². The Balaban J connectivity index is 1.18. The predicted octanol–water partition coefficient (Wildman–Crippen LogP) is 6.24. The number of carbonyl (C=O) groups is 1. The first-order chi connectivity index (χ1) is 20.5. The minimum absolute atomic E-state index is 0.0512. The van der Waals surface area contributed by atoms with Crippen LogP contribution in [0.15, 0.2) is 48.9 Å². The van der Waals surface area contributed by atoms with Crippen molar-refractivity contribution in [3.05, 3.63) is 60.3 Å². The van der Waals surface area contributed by atoms with Crippen molar-refractivity contribution >= 4 is 34.3 Å². The number of piperidine rings is 1. The number of halogens is 5. The van der Waals surface area contributed by atoms with Crippen LogP contribution in [0.2, 0.25) is 0 Å². The maximum atomic E-state index is 15.2. The number of hydrogen-bond donors (Lipinski definition) is 3. The summed E-state index contributed by atoms with van der Waals surface area (Å²) in [6.45, 7) is 0.533. The van der Waals surface area contributed by atoms with E-state index in [0.29, 0.717) is 34.8 Å². The third-order valence-electron chi connectivity index (χ3n) is 7.61. The normalized spacial score (nSPS) is 19.4. The van der Waals surface area contributed by atoms with Gasteiger partial charge in [-0.3, -0.25) is 0 Å². The lowest BCUT2D eigenvalue weighted by Gasteiger charge is -2.33. The number of nitrogens with zero attached hydrogens (tertiary/aromatic N) is 4. The highest BCUT2D eigenvalue weighted by Gasteiger charge is 2.37. The molecule has 9 nitrogen and oxygen atoms in total. The second-order valence-electron chi connectivity index (χ2n) is 10.8. The molecular formula is C29H28F5N7O2. The number of urea groups is 1. The molecule has 2 unspecified atom stereocenters. The number of ether oxygens (including phenoxy) is 1. The Morgan fingerprint density at radius 3 is 2.58 bits per heavy atom. The van der Waals surface area contributed by atoms with E-state index in [9.17, 15) is 22.4 Å². The first kappa shape index (κ1) is 28.6. The number of anilines is 3. The Morgan fingerprint density at radius 1 is 1.09 bits per heavy atom. The molecule has 43 heavy (non-hydrogen) atoms. The number of alkyl halides is 4. The molecule has 14 heteroatoms. The highest BCUT2D eigenvalue weighted by molar-refractivity contribution is 6.02. The number of nitrogens with one attached hydrogen (secondary N) is 2. The fourth-order valence-electron chi connectivity index (χ4n) is 5.29. The third-order valence-corrected chi connectivity index (χ3v) is 7.61. The summed E-state index contributed by atoms with van der Waals surface area (Å²) in [7, 11) is 1.72. The average Bonchev–Trinajstić information content (AvgIpc) is 3.71. The number of carbonyl (C=O) groups excluding carboxylic acids is 1. The summed E-state index contributed by atoms with van der Waals surface area (Å²) in [6.07, 6.45) is -1.86. The molecule has 2 aromatic carbocycles. The molecule has 2 atom stereocenters. The first-order valence-corrected chi connectivity index (χ1v) is 13.7. The van der Waals surface area contributed by atoms with Crippen molar-refractivity contribution in [2.75, 3.05) is 36.5 Å². The molecule has 4 N–H and O–H groups in total. The SMILES string of the molecule is CN1CCC(Oc2ccc(NC(=O)Nc3ccc(-c4cn(C5CC5)c5ncnc(N)c45)cc3F)cc2C(F)(F)F)C(F)C1. The molecule has 3 heterocycles. The van der Waals surface area contributed by atoms with Crippen molar-refractivity contribution in [1.29, 1.82) is 0 Å². The molecule has 1 aliphatic heterocycles. The lowest BCUT2D eigenvalue weighted by atomic mass is 10.1. The van der Waals surface area contributed by atoms with Crippen LogP contribution in [-0.4, -0.2) is 57.9 Å². The van der Waals surface area contributed by atoms with E-state index in [2.05, 4.69) is 20.6 Å². The van der Waals surface area contributed by atoms with Crippen LogP contribution in [0.1, 0.15) is 30.9 Å². The lowest BCUT2D eigenvalue weighted by molar-refractivity contribution is -0.139. The average molecular weight is 602 g/mol. The van der Waals surface area contributed by atoms with Gasteiger partial charge in [-0.1, -0.05) is 6.07 Å². The van der Waals surface area contributed by atoms with Crippen LogP contribution in [-0.2, 0) is 6.18 Å². The molecule has 226 valence electrons. The van der Waals surface area contributed by atoms with E-state index in [1.165, 1.54) is 24.5 Å². The Hall–Kier alpha value is -4.46. The molecule has 2 aromatic heterocycles. The van der Waals surface area contributed by atoms with Gasteiger partial charge >= 0.3 is 12.2 Å². The van der Waals surface area contributed by atoms with Crippen LogP contribution in [0.3, 0.4) is 0 Å². The van der Waals surface area contributed by atoms with Gasteiger partial charge in [0.15, 0.2) is 0 Å². The summed E-state index contributed by atoms with van der Waals surface area (Å²) in [6, 6.07) is 6.41. The Bertz CT molecular complexity index is 1690. The fourth-order valence-corrected chi connectivity index (χ4v) is 5.29. The van der Waals surface area contributed by atoms with Crippen LogP contribution >= 0.6 is 0 Å². The van der Waals surface area contributed by atoms with E-state index in [1.807, 2.05) is 10.8 Å². The minimum Gasteiger partial charge on any atom is -0.487 e. The standard InChI is InChI=1S/C29H28F5N7O2/c1-40-9-8-24(21(31)13-40)43-23-7-3-16(11-19(23)29(32,33)34)38-28(42)39-22-6-2-15(10-20(22)30)18-12-41(17-4-5-17)27-25(18)26(35)36-14-37-27/h2-3,6-7,10-12,14,17,21,24H,4-5,8-9,13H2,1H3,(H2,35,36,37)(H2,38,39,42). The van der Waals surface area contributed by atoms with Gasteiger partial charge in [-0.2, -0.15) is 13.2 Å². The molecule has 2 aliphatic rings. The molecule has 0 bridgehead atoms.